The zero-order valence-corrected chi connectivity index (χ0v) is 7.77. The molecule has 2 rings (SSSR count). The van der Waals surface area contributed by atoms with Gasteiger partial charge in [0.25, 0.3) is 0 Å². The van der Waals surface area contributed by atoms with Gasteiger partial charge < -0.3 is 10.5 Å². The molecule has 0 aliphatic carbocycles. The van der Waals surface area contributed by atoms with E-state index in [4.69, 9.17) is 10.9 Å². The van der Waals surface area contributed by atoms with E-state index in [1.54, 1.807) is 24.3 Å². The van der Waals surface area contributed by atoms with E-state index in [1.165, 1.54) is 6.20 Å². The van der Waals surface area contributed by atoms with E-state index in [0.29, 0.717) is 5.52 Å². The predicted octanol–water partition coefficient (Wildman–Crippen LogP) is 1.22. The SMILES string of the molecule is NNc1ccc2cc(C(=O)O)cnc2c1. The van der Waals surface area contributed by atoms with Gasteiger partial charge >= 0.3 is 5.97 Å². The Morgan fingerprint density at radius 3 is 2.87 bits per heavy atom. The second kappa shape index (κ2) is 3.55. The van der Waals surface area contributed by atoms with E-state index < -0.39 is 5.97 Å². The highest BCUT2D eigenvalue weighted by atomic mass is 16.4. The third kappa shape index (κ3) is 1.72. The van der Waals surface area contributed by atoms with Crippen LogP contribution in [-0.2, 0) is 0 Å². The van der Waals surface area contributed by atoms with Crippen LogP contribution in [-0.4, -0.2) is 16.1 Å². The van der Waals surface area contributed by atoms with Crippen LogP contribution in [0.4, 0.5) is 5.69 Å². The molecule has 15 heavy (non-hydrogen) atoms. The minimum absolute atomic E-state index is 0.177. The molecule has 0 amide bonds. The van der Waals surface area contributed by atoms with Crippen LogP contribution in [0.5, 0.6) is 0 Å². The molecule has 0 bridgehead atoms. The number of carboxylic acids is 1. The highest BCUT2D eigenvalue weighted by molar-refractivity contribution is 5.93. The largest absolute Gasteiger partial charge is 0.478 e. The van der Waals surface area contributed by atoms with Crippen LogP contribution in [0.1, 0.15) is 10.4 Å². The lowest BCUT2D eigenvalue weighted by Gasteiger charge is -2.02. The maximum atomic E-state index is 10.7. The third-order valence-corrected chi connectivity index (χ3v) is 2.10. The number of hydrazine groups is 1. The van der Waals surface area contributed by atoms with Gasteiger partial charge in [-0.3, -0.25) is 10.8 Å². The fourth-order valence-corrected chi connectivity index (χ4v) is 1.33. The first-order valence-electron chi connectivity index (χ1n) is 4.30. The van der Waals surface area contributed by atoms with Crippen molar-refractivity contribution in [3.63, 3.8) is 0 Å². The summed E-state index contributed by atoms with van der Waals surface area (Å²) in [7, 11) is 0. The molecule has 1 aromatic carbocycles. The molecule has 0 radical (unpaired) electrons. The van der Waals surface area contributed by atoms with E-state index in [-0.39, 0.29) is 5.56 Å². The van der Waals surface area contributed by atoms with E-state index in [0.717, 1.165) is 11.1 Å². The number of carboxylic acid groups (broad SMARTS) is 1. The molecule has 5 nitrogen and oxygen atoms in total. The molecule has 0 unspecified atom stereocenters. The lowest BCUT2D eigenvalue weighted by Crippen LogP contribution is -2.06. The number of nitrogens with two attached hydrogens (primary N) is 1. The smallest absolute Gasteiger partial charge is 0.337 e. The molecule has 0 atom stereocenters. The van der Waals surface area contributed by atoms with Crippen molar-refractivity contribution in [2.24, 2.45) is 5.84 Å². The third-order valence-electron chi connectivity index (χ3n) is 2.10. The summed E-state index contributed by atoms with van der Waals surface area (Å²) in [6.07, 6.45) is 1.32. The van der Waals surface area contributed by atoms with Gasteiger partial charge in [0, 0.05) is 11.6 Å². The molecule has 0 aliphatic heterocycles. The monoisotopic (exact) mass is 203 g/mol. The number of aromatic carboxylic acids is 1. The number of hydrogen-bond donors (Lipinski definition) is 3. The minimum Gasteiger partial charge on any atom is -0.478 e. The van der Waals surface area contributed by atoms with Gasteiger partial charge in [0.1, 0.15) is 0 Å². The summed E-state index contributed by atoms with van der Waals surface area (Å²) in [4.78, 5) is 14.7. The van der Waals surface area contributed by atoms with Gasteiger partial charge in [-0.05, 0) is 18.2 Å². The van der Waals surface area contributed by atoms with E-state index in [9.17, 15) is 4.79 Å². The van der Waals surface area contributed by atoms with Crippen molar-refractivity contribution in [1.29, 1.82) is 0 Å². The van der Waals surface area contributed by atoms with Gasteiger partial charge in [-0.1, -0.05) is 6.07 Å². The number of nitrogens with one attached hydrogen (secondary N) is 1. The number of anilines is 1. The highest BCUT2D eigenvalue weighted by Gasteiger charge is 2.04. The Labute approximate surface area is 85.5 Å². The van der Waals surface area contributed by atoms with Crippen molar-refractivity contribution in [2.75, 3.05) is 5.43 Å². The number of nitrogen functional groups attached to an aromatic ring is 1. The number of benzene rings is 1. The predicted molar refractivity (Wildman–Crippen MR) is 56.5 cm³/mol. The Morgan fingerprint density at radius 1 is 1.40 bits per heavy atom. The Kier molecular flexibility index (Phi) is 2.23. The molecular weight excluding hydrogens is 194 g/mol. The number of hydrogen-bond acceptors (Lipinski definition) is 4. The highest BCUT2D eigenvalue weighted by Crippen LogP contribution is 2.17. The number of nitrogens with zero attached hydrogens (tertiary/aromatic N) is 1. The summed E-state index contributed by atoms with van der Waals surface area (Å²) < 4.78 is 0. The first-order chi connectivity index (χ1) is 7.20. The summed E-state index contributed by atoms with van der Waals surface area (Å²) in [5.41, 5.74) is 4.12. The van der Waals surface area contributed by atoms with Gasteiger partial charge in [-0.15, -0.1) is 0 Å². The molecule has 0 saturated carbocycles. The van der Waals surface area contributed by atoms with Gasteiger partial charge in [-0.2, -0.15) is 0 Å². The molecule has 5 heteroatoms. The lowest BCUT2D eigenvalue weighted by atomic mass is 10.1. The van der Waals surface area contributed by atoms with Crippen LogP contribution < -0.4 is 11.3 Å². The van der Waals surface area contributed by atoms with Gasteiger partial charge in [0.05, 0.1) is 16.8 Å². The van der Waals surface area contributed by atoms with Gasteiger partial charge in [0.2, 0.25) is 0 Å². The molecule has 0 saturated heterocycles. The van der Waals surface area contributed by atoms with Crippen molar-refractivity contribution in [3.8, 4) is 0 Å². The molecule has 4 N–H and O–H groups in total. The second-order valence-electron chi connectivity index (χ2n) is 3.08. The Hall–Kier alpha value is -2.14. The molecule has 76 valence electrons. The maximum Gasteiger partial charge on any atom is 0.337 e. The quantitative estimate of drug-likeness (QED) is 0.504. The molecule has 0 aliphatic rings. The standard InChI is InChI=1S/C10H9N3O2/c11-13-8-2-1-6-3-7(10(14)15)5-12-9(6)4-8/h1-5,13H,11H2,(H,14,15). The topological polar surface area (TPSA) is 88.2 Å². The average molecular weight is 203 g/mol. The van der Waals surface area contributed by atoms with E-state index >= 15 is 0 Å². The zero-order valence-electron chi connectivity index (χ0n) is 7.77. The van der Waals surface area contributed by atoms with Crippen LogP contribution >= 0.6 is 0 Å². The van der Waals surface area contributed by atoms with Gasteiger partial charge in [-0.25, -0.2) is 4.79 Å². The maximum absolute atomic E-state index is 10.7. The molecule has 2 aromatic rings. The van der Waals surface area contributed by atoms with Crippen LogP contribution in [0.15, 0.2) is 30.5 Å². The second-order valence-corrected chi connectivity index (χ2v) is 3.08. The Bertz CT molecular complexity index is 525. The summed E-state index contributed by atoms with van der Waals surface area (Å²) in [6.45, 7) is 0. The summed E-state index contributed by atoms with van der Waals surface area (Å²) in [5.74, 6) is 4.27. The number of pyridine rings is 1. The van der Waals surface area contributed by atoms with Crippen LogP contribution in [0.2, 0.25) is 0 Å². The van der Waals surface area contributed by atoms with Crippen LogP contribution in [0.25, 0.3) is 10.9 Å². The zero-order chi connectivity index (χ0) is 10.8. The van der Waals surface area contributed by atoms with Crippen molar-refractivity contribution in [1.82, 2.24) is 4.98 Å². The summed E-state index contributed by atoms with van der Waals surface area (Å²) in [6, 6.07) is 6.85. The summed E-state index contributed by atoms with van der Waals surface area (Å²) >= 11 is 0. The molecule has 1 heterocycles. The fraction of sp³-hybridized carbons (Fsp3) is 0. The van der Waals surface area contributed by atoms with Gasteiger partial charge in [0.15, 0.2) is 0 Å². The van der Waals surface area contributed by atoms with Crippen LogP contribution in [0, 0.1) is 0 Å². The van der Waals surface area contributed by atoms with E-state index in [1.807, 2.05) is 0 Å². The molecule has 0 fully saturated rings. The first-order valence-corrected chi connectivity index (χ1v) is 4.30. The van der Waals surface area contributed by atoms with Crippen molar-refractivity contribution < 1.29 is 9.90 Å². The van der Waals surface area contributed by atoms with Crippen LogP contribution in [0.3, 0.4) is 0 Å². The van der Waals surface area contributed by atoms with Crippen molar-refractivity contribution in [3.05, 3.63) is 36.0 Å². The summed E-state index contributed by atoms with van der Waals surface area (Å²) in [5, 5.41) is 9.54. The lowest BCUT2D eigenvalue weighted by molar-refractivity contribution is 0.0696. The van der Waals surface area contributed by atoms with Crippen molar-refractivity contribution in [2.45, 2.75) is 0 Å². The number of aromatic nitrogens is 1. The number of fused-ring (bicyclic) bond motifs is 1. The van der Waals surface area contributed by atoms with Crippen molar-refractivity contribution >= 4 is 22.6 Å². The van der Waals surface area contributed by atoms with E-state index in [2.05, 4.69) is 10.4 Å². The fourth-order valence-electron chi connectivity index (χ4n) is 1.33. The minimum atomic E-state index is -0.981. The average Bonchev–Trinajstić information content (AvgIpc) is 2.27. The Balaban J connectivity index is 2.59. The molecule has 0 spiro atoms. The molecule has 1 aromatic heterocycles. The molecular formula is C10H9N3O2. The number of rotatable bonds is 2. The normalized spacial score (nSPS) is 10.2. The number of carbonyl (C=O) groups is 1. The first kappa shape index (κ1) is 9.42. The Morgan fingerprint density at radius 2 is 2.20 bits per heavy atom.